The summed E-state index contributed by atoms with van der Waals surface area (Å²) in [4.78, 5) is 15.2. The van der Waals surface area contributed by atoms with E-state index in [1.165, 1.54) is 12.8 Å². The zero-order valence-corrected chi connectivity index (χ0v) is 11.3. The summed E-state index contributed by atoms with van der Waals surface area (Å²) in [7, 11) is 0. The molecule has 2 fully saturated rings. The molecule has 2 aliphatic rings. The number of amides is 1. The predicted molar refractivity (Wildman–Crippen MR) is 71.7 cm³/mol. The van der Waals surface area contributed by atoms with Gasteiger partial charge in [-0.15, -0.1) is 11.3 Å². The molecule has 1 aliphatic carbocycles. The summed E-state index contributed by atoms with van der Waals surface area (Å²) in [5.74, 6) is 1.05. The van der Waals surface area contributed by atoms with E-state index in [4.69, 9.17) is 4.74 Å². The van der Waals surface area contributed by atoms with E-state index < -0.39 is 0 Å². The van der Waals surface area contributed by atoms with E-state index in [9.17, 15) is 4.79 Å². The number of hydrogen-bond acceptors (Lipinski definition) is 3. The highest BCUT2D eigenvalue weighted by atomic mass is 32.1. The Kier molecular flexibility index (Phi) is 3.66. The number of hydrogen-bond donors (Lipinski definition) is 0. The van der Waals surface area contributed by atoms with Crippen molar-refractivity contribution in [3.63, 3.8) is 0 Å². The monoisotopic (exact) mass is 265 g/mol. The molecule has 18 heavy (non-hydrogen) atoms. The standard InChI is InChI=1S/C14H19NO2S/c16-14(8-13-2-1-7-18-13)15-6-5-12(9-15)17-10-11-3-4-11/h1-2,7,11-12H,3-6,8-10H2. The second kappa shape index (κ2) is 5.41. The van der Waals surface area contributed by atoms with E-state index in [1.807, 2.05) is 22.4 Å². The molecule has 1 amide bonds. The number of thiophene rings is 1. The van der Waals surface area contributed by atoms with Gasteiger partial charge >= 0.3 is 0 Å². The van der Waals surface area contributed by atoms with Gasteiger partial charge in [0, 0.05) is 24.6 Å². The molecular formula is C14H19NO2S. The van der Waals surface area contributed by atoms with Crippen molar-refractivity contribution in [1.82, 2.24) is 4.90 Å². The number of nitrogens with zero attached hydrogens (tertiary/aromatic N) is 1. The van der Waals surface area contributed by atoms with Gasteiger partial charge in [-0.3, -0.25) is 4.79 Å². The maximum Gasteiger partial charge on any atom is 0.227 e. The van der Waals surface area contributed by atoms with Crippen LogP contribution in [0, 0.1) is 5.92 Å². The van der Waals surface area contributed by atoms with Gasteiger partial charge in [0.2, 0.25) is 5.91 Å². The molecular weight excluding hydrogens is 246 g/mol. The molecule has 3 nitrogen and oxygen atoms in total. The number of likely N-dealkylation sites (tertiary alicyclic amines) is 1. The minimum atomic E-state index is 0.245. The van der Waals surface area contributed by atoms with Crippen LogP contribution in [0.15, 0.2) is 17.5 Å². The van der Waals surface area contributed by atoms with E-state index in [2.05, 4.69) is 0 Å². The first kappa shape index (κ1) is 12.2. The zero-order chi connectivity index (χ0) is 12.4. The SMILES string of the molecule is O=C(Cc1cccs1)N1CCC(OCC2CC2)C1. The highest BCUT2D eigenvalue weighted by Gasteiger charge is 2.29. The molecule has 1 saturated heterocycles. The minimum Gasteiger partial charge on any atom is -0.376 e. The van der Waals surface area contributed by atoms with Gasteiger partial charge in [-0.05, 0) is 36.6 Å². The summed E-state index contributed by atoms with van der Waals surface area (Å²) in [6, 6.07) is 4.03. The molecule has 1 aliphatic heterocycles. The van der Waals surface area contributed by atoms with Crippen LogP contribution < -0.4 is 0 Å². The maximum atomic E-state index is 12.1. The third-order valence-corrected chi connectivity index (χ3v) is 4.54. The van der Waals surface area contributed by atoms with Crippen molar-refractivity contribution in [3.8, 4) is 0 Å². The van der Waals surface area contributed by atoms with Gasteiger partial charge in [0.25, 0.3) is 0 Å². The first-order valence-corrected chi connectivity index (χ1v) is 7.61. The Morgan fingerprint density at radius 2 is 2.33 bits per heavy atom. The molecule has 3 rings (SSSR count). The largest absolute Gasteiger partial charge is 0.376 e. The lowest BCUT2D eigenvalue weighted by Gasteiger charge is -2.16. The fraction of sp³-hybridized carbons (Fsp3) is 0.643. The van der Waals surface area contributed by atoms with Crippen molar-refractivity contribution >= 4 is 17.2 Å². The summed E-state index contributed by atoms with van der Waals surface area (Å²) in [5.41, 5.74) is 0. The Bertz CT molecular complexity index is 400. The van der Waals surface area contributed by atoms with Crippen LogP contribution in [0.1, 0.15) is 24.1 Å². The quantitative estimate of drug-likeness (QED) is 0.817. The molecule has 1 aromatic heterocycles. The second-order valence-corrected chi connectivity index (χ2v) is 6.32. The first-order chi connectivity index (χ1) is 8.81. The van der Waals surface area contributed by atoms with Gasteiger partial charge < -0.3 is 9.64 Å². The summed E-state index contributed by atoms with van der Waals surface area (Å²) in [5, 5.41) is 2.02. The maximum absolute atomic E-state index is 12.1. The van der Waals surface area contributed by atoms with Crippen LogP contribution in [0.2, 0.25) is 0 Å². The van der Waals surface area contributed by atoms with E-state index >= 15 is 0 Å². The normalized spacial score (nSPS) is 23.6. The smallest absolute Gasteiger partial charge is 0.227 e. The summed E-state index contributed by atoms with van der Waals surface area (Å²) >= 11 is 1.65. The molecule has 1 saturated carbocycles. The lowest BCUT2D eigenvalue weighted by atomic mass is 10.3. The van der Waals surface area contributed by atoms with Gasteiger partial charge in [-0.25, -0.2) is 0 Å². The van der Waals surface area contributed by atoms with Crippen molar-refractivity contribution in [2.75, 3.05) is 19.7 Å². The predicted octanol–water partition coefficient (Wildman–Crippen LogP) is 2.32. The first-order valence-electron chi connectivity index (χ1n) is 6.73. The Morgan fingerprint density at radius 3 is 3.06 bits per heavy atom. The molecule has 0 spiro atoms. The molecule has 0 radical (unpaired) electrons. The number of ether oxygens (including phenoxy) is 1. The molecule has 1 atom stereocenters. The van der Waals surface area contributed by atoms with Crippen LogP contribution in [0.25, 0.3) is 0 Å². The van der Waals surface area contributed by atoms with Crippen LogP contribution in [0.5, 0.6) is 0 Å². The Labute approximate surface area is 112 Å². The summed E-state index contributed by atoms with van der Waals surface area (Å²) in [6.45, 7) is 2.55. The minimum absolute atomic E-state index is 0.245. The van der Waals surface area contributed by atoms with E-state index in [1.54, 1.807) is 11.3 Å². The number of rotatable bonds is 5. The van der Waals surface area contributed by atoms with Gasteiger partial charge in [0.1, 0.15) is 0 Å². The fourth-order valence-electron chi connectivity index (χ4n) is 2.32. The Hall–Kier alpha value is -0.870. The van der Waals surface area contributed by atoms with Crippen molar-refractivity contribution < 1.29 is 9.53 Å². The van der Waals surface area contributed by atoms with Crippen LogP contribution in [-0.4, -0.2) is 36.6 Å². The average Bonchev–Trinajstić information content (AvgIpc) is 2.88. The van der Waals surface area contributed by atoms with Crippen LogP contribution in [0.3, 0.4) is 0 Å². The van der Waals surface area contributed by atoms with Crippen LogP contribution in [0.4, 0.5) is 0 Å². The topological polar surface area (TPSA) is 29.5 Å². The third kappa shape index (κ3) is 3.12. The van der Waals surface area contributed by atoms with Gasteiger partial charge in [-0.1, -0.05) is 6.07 Å². The Morgan fingerprint density at radius 1 is 1.44 bits per heavy atom. The van der Waals surface area contributed by atoms with Gasteiger partial charge in [-0.2, -0.15) is 0 Å². The Balaban J connectivity index is 1.44. The molecule has 0 aromatic carbocycles. The molecule has 1 unspecified atom stereocenters. The van der Waals surface area contributed by atoms with E-state index in [0.717, 1.165) is 36.9 Å². The van der Waals surface area contributed by atoms with Gasteiger partial charge in [0.15, 0.2) is 0 Å². The van der Waals surface area contributed by atoms with Crippen molar-refractivity contribution in [2.45, 2.75) is 31.8 Å². The third-order valence-electron chi connectivity index (χ3n) is 3.67. The second-order valence-electron chi connectivity index (χ2n) is 5.28. The van der Waals surface area contributed by atoms with Crippen molar-refractivity contribution in [1.29, 1.82) is 0 Å². The number of carbonyl (C=O) groups is 1. The fourth-order valence-corrected chi connectivity index (χ4v) is 3.02. The average molecular weight is 265 g/mol. The van der Waals surface area contributed by atoms with Crippen LogP contribution in [-0.2, 0) is 16.0 Å². The molecule has 98 valence electrons. The summed E-state index contributed by atoms with van der Waals surface area (Å²) < 4.78 is 5.85. The number of carbonyl (C=O) groups excluding carboxylic acids is 1. The molecule has 4 heteroatoms. The van der Waals surface area contributed by atoms with Crippen molar-refractivity contribution in [2.24, 2.45) is 5.92 Å². The molecule has 1 aromatic rings. The molecule has 0 bridgehead atoms. The summed E-state index contributed by atoms with van der Waals surface area (Å²) in [6.07, 6.45) is 4.48. The van der Waals surface area contributed by atoms with E-state index in [0.29, 0.717) is 6.42 Å². The van der Waals surface area contributed by atoms with Gasteiger partial charge in [0.05, 0.1) is 12.5 Å². The van der Waals surface area contributed by atoms with Crippen molar-refractivity contribution in [3.05, 3.63) is 22.4 Å². The van der Waals surface area contributed by atoms with Crippen LogP contribution >= 0.6 is 11.3 Å². The van der Waals surface area contributed by atoms with E-state index in [-0.39, 0.29) is 12.0 Å². The highest BCUT2D eigenvalue weighted by Crippen LogP contribution is 2.30. The molecule has 2 heterocycles. The zero-order valence-electron chi connectivity index (χ0n) is 10.5. The molecule has 0 N–H and O–H groups in total. The highest BCUT2D eigenvalue weighted by molar-refractivity contribution is 7.10. The lowest BCUT2D eigenvalue weighted by molar-refractivity contribution is -0.129. The lowest BCUT2D eigenvalue weighted by Crippen LogP contribution is -2.31.